The standard InChI is InChI=1S/C27H33N5O2S/c1-3-19-4-11-23(12-5-19)31-14-16-32(17-15-31)24-13-10-22(18-28-24)26-30-29-25(35-26)20-6-8-21(9-7-20)27(33)34-2/h6-10,13,18-19,23H,3-5,11-12,14-17H2,1-2H3. The number of aromatic nitrogens is 3. The Balaban J connectivity index is 1.18. The number of carbonyl (C=O) groups is 1. The molecule has 7 nitrogen and oxygen atoms in total. The van der Waals surface area contributed by atoms with Crippen LogP contribution < -0.4 is 4.90 Å². The number of methoxy groups -OCH3 is 1. The summed E-state index contributed by atoms with van der Waals surface area (Å²) in [4.78, 5) is 21.5. The van der Waals surface area contributed by atoms with Gasteiger partial charge >= 0.3 is 5.97 Å². The molecule has 3 heterocycles. The second-order valence-electron chi connectivity index (χ2n) is 9.49. The fourth-order valence-corrected chi connectivity index (χ4v) is 6.10. The monoisotopic (exact) mass is 491 g/mol. The number of piperazine rings is 1. The van der Waals surface area contributed by atoms with Gasteiger partial charge in [-0.2, -0.15) is 0 Å². The van der Waals surface area contributed by atoms with Gasteiger partial charge in [0.1, 0.15) is 15.8 Å². The van der Waals surface area contributed by atoms with E-state index >= 15 is 0 Å². The quantitative estimate of drug-likeness (QED) is 0.442. The van der Waals surface area contributed by atoms with E-state index in [1.165, 1.54) is 50.6 Å². The number of hydrogen-bond acceptors (Lipinski definition) is 8. The summed E-state index contributed by atoms with van der Waals surface area (Å²) in [7, 11) is 1.38. The number of benzene rings is 1. The SMILES string of the molecule is CCC1CCC(N2CCN(c3ccc(-c4nnc(-c5ccc(C(=O)OC)cc5)s4)cn3)CC2)CC1. The van der Waals surface area contributed by atoms with Crippen LogP contribution in [0.3, 0.4) is 0 Å². The van der Waals surface area contributed by atoms with Crippen molar-refractivity contribution in [3.63, 3.8) is 0 Å². The average Bonchev–Trinajstić information content (AvgIpc) is 3.43. The number of esters is 1. The number of anilines is 1. The van der Waals surface area contributed by atoms with Crippen molar-refractivity contribution in [1.82, 2.24) is 20.1 Å². The van der Waals surface area contributed by atoms with Gasteiger partial charge in [-0.05, 0) is 55.9 Å². The third-order valence-electron chi connectivity index (χ3n) is 7.52. The predicted molar refractivity (Wildman–Crippen MR) is 140 cm³/mol. The first-order chi connectivity index (χ1) is 17.1. The molecule has 2 fully saturated rings. The number of ether oxygens (including phenoxy) is 1. The Bertz CT molecular complexity index is 1120. The Labute approximate surface area is 211 Å². The van der Waals surface area contributed by atoms with Crippen LogP contribution in [0.4, 0.5) is 5.82 Å². The second kappa shape index (κ2) is 10.8. The Hall–Kier alpha value is -2.84. The van der Waals surface area contributed by atoms with Crippen molar-refractivity contribution in [2.24, 2.45) is 5.92 Å². The Morgan fingerprint density at radius 2 is 1.60 bits per heavy atom. The van der Waals surface area contributed by atoms with Crippen molar-refractivity contribution < 1.29 is 9.53 Å². The first-order valence-corrected chi connectivity index (χ1v) is 13.4. The minimum absolute atomic E-state index is 0.346. The van der Waals surface area contributed by atoms with Gasteiger partial charge in [0, 0.05) is 49.5 Å². The average molecular weight is 492 g/mol. The van der Waals surface area contributed by atoms with E-state index in [-0.39, 0.29) is 5.97 Å². The third-order valence-corrected chi connectivity index (χ3v) is 8.54. The van der Waals surface area contributed by atoms with Crippen LogP contribution in [0.5, 0.6) is 0 Å². The summed E-state index contributed by atoms with van der Waals surface area (Å²) in [6, 6.07) is 12.2. The lowest BCUT2D eigenvalue weighted by Crippen LogP contribution is -2.51. The van der Waals surface area contributed by atoms with Crippen LogP contribution in [-0.2, 0) is 4.74 Å². The van der Waals surface area contributed by atoms with E-state index in [1.54, 1.807) is 12.1 Å². The molecule has 1 aliphatic heterocycles. The van der Waals surface area contributed by atoms with Crippen LogP contribution >= 0.6 is 11.3 Å². The third kappa shape index (κ3) is 5.38. The van der Waals surface area contributed by atoms with Crippen molar-refractivity contribution in [2.75, 3.05) is 38.2 Å². The van der Waals surface area contributed by atoms with E-state index in [0.717, 1.165) is 65.1 Å². The molecular weight excluding hydrogens is 458 g/mol. The molecule has 0 radical (unpaired) electrons. The van der Waals surface area contributed by atoms with Crippen LogP contribution in [0.25, 0.3) is 21.1 Å². The minimum atomic E-state index is -0.346. The van der Waals surface area contributed by atoms with Gasteiger partial charge in [0.2, 0.25) is 0 Å². The van der Waals surface area contributed by atoms with Crippen molar-refractivity contribution in [3.8, 4) is 21.1 Å². The number of nitrogens with zero attached hydrogens (tertiary/aromatic N) is 5. The first kappa shape index (κ1) is 23.9. The lowest BCUT2D eigenvalue weighted by molar-refractivity contribution is 0.0600. The summed E-state index contributed by atoms with van der Waals surface area (Å²) in [5.74, 6) is 1.64. The molecule has 0 spiro atoms. The predicted octanol–water partition coefficient (Wildman–Crippen LogP) is 5.14. The molecule has 1 aliphatic carbocycles. The Morgan fingerprint density at radius 3 is 2.20 bits per heavy atom. The molecule has 0 unspecified atom stereocenters. The van der Waals surface area contributed by atoms with Crippen LogP contribution in [-0.4, -0.2) is 65.4 Å². The zero-order valence-electron chi connectivity index (χ0n) is 20.5. The first-order valence-electron chi connectivity index (χ1n) is 12.6. The second-order valence-corrected chi connectivity index (χ2v) is 10.5. The van der Waals surface area contributed by atoms with E-state index in [0.29, 0.717) is 5.56 Å². The lowest BCUT2D eigenvalue weighted by Gasteiger charge is -2.42. The summed E-state index contributed by atoms with van der Waals surface area (Å²) in [6.45, 7) is 6.65. The molecule has 0 atom stereocenters. The lowest BCUT2D eigenvalue weighted by atomic mass is 9.84. The van der Waals surface area contributed by atoms with Gasteiger partial charge in [-0.15, -0.1) is 10.2 Å². The normalized spacial score (nSPS) is 21.1. The Kier molecular flexibility index (Phi) is 7.39. The van der Waals surface area contributed by atoms with Crippen LogP contribution in [0.1, 0.15) is 49.4 Å². The highest BCUT2D eigenvalue weighted by molar-refractivity contribution is 7.17. The molecule has 3 aromatic rings. The van der Waals surface area contributed by atoms with Crippen molar-refractivity contribution in [1.29, 1.82) is 0 Å². The summed E-state index contributed by atoms with van der Waals surface area (Å²) in [6.07, 6.45) is 8.77. The molecule has 2 aromatic heterocycles. The van der Waals surface area contributed by atoms with Gasteiger partial charge in [0.15, 0.2) is 0 Å². The van der Waals surface area contributed by atoms with Gasteiger partial charge in [-0.25, -0.2) is 9.78 Å². The van der Waals surface area contributed by atoms with Gasteiger partial charge < -0.3 is 9.64 Å². The number of rotatable bonds is 6. The van der Waals surface area contributed by atoms with Crippen LogP contribution in [0.2, 0.25) is 0 Å². The largest absolute Gasteiger partial charge is 0.465 e. The smallest absolute Gasteiger partial charge is 0.337 e. The number of hydrogen-bond donors (Lipinski definition) is 0. The highest BCUT2D eigenvalue weighted by Crippen LogP contribution is 2.32. The summed E-state index contributed by atoms with van der Waals surface area (Å²) in [5, 5.41) is 10.4. The van der Waals surface area contributed by atoms with Gasteiger partial charge in [0.25, 0.3) is 0 Å². The molecule has 0 bridgehead atoms. The van der Waals surface area contributed by atoms with Crippen molar-refractivity contribution in [3.05, 3.63) is 48.2 Å². The molecule has 8 heteroatoms. The molecule has 1 saturated carbocycles. The fraction of sp³-hybridized carbons (Fsp3) is 0.481. The molecule has 0 N–H and O–H groups in total. The maximum Gasteiger partial charge on any atom is 0.337 e. The van der Waals surface area contributed by atoms with E-state index in [1.807, 2.05) is 18.3 Å². The highest BCUT2D eigenvalue weighted by Gasteiger charge is 2.28. The summed E-state index contributed by atoms with van der Waals surface area (Å²) < 4.78 is 4.76. The molecule has 184 valence electrons. The number of pyridine rings is 1. The van der Waals surface area contributed by atoms with Gasteiger partial charge in [-0.1, -0.05) is 36.8 Å². The minimum Gasteiger partial charge on any atom is -0.465 e. The van der Waals surface area contributed by atoms with Crippen LogP contribution in [0.15, 0.2) is 42.6 Å². The summed E-state index contributed by atoms with van der Waals surface area (Å²) >= 11 is 1.52. The molecular formula is C27H33N5O2S. The van der Waals surface area contributed by atoms with Gasteiger partial charge in [0.05, 0.1) is 12.7 Å². The van der Waals surface area contributed by atoms with E-state index < -0.39 is 0 Å². The van der Waals surface area contributed by atoms with Crippen molar-refractivity contribution >= 4 is 23.1 Å². The molecule has 1 saturated heterocycles. The van der Waals surface area contributed by atoms with E-state index in [9.17, 15) is 4.79 Å². The van der Waals surface area contributed by atoms with Gasteiger partial charge in [-0.3, -0.25) is 4.90 Å². The van der Waals surface area contributed by atoms with E-state index in [4.69, 9.17) is 9.72 Å². The molecule has 5 rings (SSSR count). The fourth-order valence-electron chi connectivity index (χ4n) is 5.26. The molecule has 1 aromatic carbocycles. The summed E-state index contributed by atoms with van der Waals surface area (Å²) in [5.41, 5.74) is 2.41. The maximum atomic E-state index is 11.6. The molecule has 35 heavy (non-hydrogen) atoms. The number of carbonyl (C=O) groups excluding carboxylic acids is 1. The van der Waals surface area contributed by atoms with Crippen LogP contribution in [0, 0.1) is 5.92 Å². The van der Waals surface area contributed by atoms with Crippen molar-refractivity contribution in [2.45, 2.75) is 45.1 Å². The molecule has 2 aliphatic rings. The Morgan fingerprint density at radius 1 is 0.943 bits per heavy atom. The maximum absolute atomic E-state index is 11.6. The highest BCUT2D eigenvalue weighted by atomic mass is 32.1. The topological polar surface area (TPSA) is 71.5 Å². The zero-order chi connectivity index (χ0) is 24.2. The zero-order valence-corrected chi connectivity index (χ0v) is 21.3. The van der Waals surface area contributed by atoms with E-state index in [2.05, 4.69) is 39.1 Å². The molecule has 0 amide bonds.